The molecule has 0 spiro atoms. The smallest absolute Gasteiger partial charge is 0.462 e. The molecule has 0 aromatic carbocycles. The van der Waals surface area contributed by atoms with E-state index in [2.05, 4.69) is 155 Å². The second kappa shape index (κ2) is 76.1. The second-order valence-electron chi connectivity index (χ2n) is 26.2. The highest BCUT2D eigenvalue weighted by Gasteiger charge is 2.30. The van der Waals surface area contributed by atoms with E-state index >= 15 is 0 Å². The molecule has 5 atom stereocenters. The predicted molar refractivity (Wildman–Crippen MR) is 427 cm³/mol. The normalized spacial score (nSPS) is 14.6. The Hall–Kier alpha value is -5.06. The van der Waals surface area contributed by atoms with Gasteiger partial charge in [-0.25, -0.2) is 9.13 Å². The van der Waals surface area contributed by atoms with Crippen LogP contribution in [0.15, 0.2) is 146 Å². The Morgan fingerprint density at radius 2 is 0.538 bits per heavy atom. The van der Waals surface area contributed by atoms with Gasteiger partial charge in [0.15, 0.2) is 12.2 Å². The van der Waals surface area contributed by atoms with Crippen LogP contribution in [0.1, 0.15) is 310 Å². The maximum atomic E-state index is 13.1. The van der Waals surface area contributed by atoms with Crippen LogP contribution in [0.3, 0.4) is 0 Å². The van der Waals surface area contributed by atoms with Crippen molar-refractivity contribution in [3.05, 3.63) is 146 Å². The lowest BCUT2D eigenvalue weighted by Gasteiger charge is -2.21. The molecule has 0 radical (unpaired) electrons. The number of carbonyl (C=O) groups excluding carboxylic acids is 4. The molecule has 104 heavy (non-hydrogen) atoms. The van der Waals surface area contributed by atoms with E-state index in [1.807, 2.05) is 18.2 Å². The Balaban J connectivity index is 5.41. The Labute approximate surface area is 630 Å². The molecule has 0 aromatic rings. The number of esters is 4. The van der Waals surface area contributed by atoms with Gasteiger partial charge in [0.1, 0.15) is 19.3 Å². The van der Waals surface area contributed by atoms with Crippen molar-refractivity contribution in [3.63, 3.8) is 0 Å². The first-order chi connectivity index (χ1) is 50.7. The van der Waals surface area contributed by atoms with Gasteiger partial charge in [0, 0.05) is 25.7 Å². The average molecular weight is 1500 g/mol. The monoisotopic (exact) mass is 1500 g/mol. The highest BCUT2D eigenvalue weighted by atomic mass is 31.2. The van der Waals surface area contributed by atoms with Crippen molar-refractivity contribution in [3.8, 4) is 0 Å². The molecule has 0 fully saturated rings. The van der Waals surface area contributed by atoms with Gasteiger partial charge in [-0.2, -0.15) is 0 Å². The molecule has 0 aromatic heterocycles. The van der Waals surface area contributed by atoms with E-state index in [4.69, 9.17) is 37.0 Å². The first-order valence-corrected chi connectivity index (χ1v) is 43.1. The number of aliphatic hydroxyl groups excluding tert-OH is 1. The van der Waals surface area contributed by atoms with Crippen LogP contribution in [-0.4, -0.2) is 96.7 Å². The third kappa shape index (κ3) is 75.2. The van der Waals surface area contributed by atoms with Crippen LogP contribution >= 0.6 is 15.6 Å². The van der Waals surface area contributed by atoms with E-state index in [1.165, 1.54) is 51.4 Å². The topological polar surface area (TPSA) is 237 Å². The maximum absolute atomic E-state index is 13.1. The van der Waals surface area contributed by atoms with E-state index in [0.29, 0.717) is 32.1 Å². The van der Waals surface area contributed by atoms with Crippen LogP contribution in [-0.2, 0) is 65.4 Å². The molecule has 0 amide bonds. The number of phosphoric acid groups is 2. The van der Waals surface area contributed by atoms with Crippen molar-refractivity contribution < 1.29 is 80.2 Å². The minimum absolute atomic E-state index is 0.0298. The molecule has 0 saturated carbocycles. The van der Waals surface area contributed by atoms with Crippen LogP contribution in [0.25, 0.3) is 0 Å². The Morgan fingerprint density at radius 3 is 0.865 bits per heavy atom. The zero-order valence-electron chi connectivity index (χ0n) is 64.9. The number of carbonyl (C=O) groups is 4. The van der Waals surface area contributed by atoms with Crippen molar-refractivity contribution in [2.75, 3.05) is 39.6 Å². The van der Waals surface area contributed by atoms with Gasteiger partial charge in [-0.15, -0.1) is 0 Å². The second-order valence-corrected chi connectivity index (χ2v) is 29.2. The van der Waals surface area contributed by atoms with Crippen LogP contribution in [0.5, 0.6) is 0 Å². The first kappa shape index (κ1) is 98.9. The summed E-state index contributed by atoms with van der Waals surface area (Å²) in [5, 5.41) is 10.6. The molecule has 594 valence electrons. The minimum Gasteiger partial charge on any atom is -0.462 e. The number of ether oxygens (including phenoxy) is 4. The fraction of sp³-hybridized carbons (Fsp3) is 0.671. The minimum atomic E-state index is -5.00. The molecule has 0 rings (SSSR count). The summed E-state index contributed by atoms with van der Waals surface area (Å²) in [7, 11) is -9.99. The SMILES string of the molecule is CC/C=C\C/C=C\C/C=C\C/C=C\C/C=C\C/C=C\CCC(=O)OCC(COP(=O)(O)OCC(O)COP(=O)(O)OCC(COC(=O)CCCCCCCC/C=C\C/C=C\C/C=C\C/C=C\CC)OC(=O)CCCCCCCCCCCCCCC)OC(=O)CCCCCCC/C=C\C/C=C\CCC. The van der Waals surface area contributed by atoms with Gasteiger partial charge in [-0.1, -0.05) is 302 Å². The fourth-order valence-corrected chi connectivity index (χ4v) is 11.9. The number of rotatable bonds is 74. The van der Waals surface area contributed by atoms with Gasteiger partial charge in [0.2, 0.25) is 0 Å². The van der Waals surface area contributed by atoms with Crippen LogP contribution < -0.4 is 0 Å². The maximum Gasteiger partial charge on any atom is 0.472 e. The molecule has 0 aliphatic carbocycles. The van der Waals surface area contributed by atoms with Gasteiger partial charge in [-0.3, -0.25) is 37.3 Å². The van der Waals surface area contributed by atoms with Crippen molar-refractivity contribution in [1.29, 1.82) is 0 Å². The molecule has 0 aliphatic heterocycles. The predicted octanol–water partition coefficient (Wildman–Crippen LogP) is 23.4. The molecule has 0 aliphatic rings. The lowest BCUT2D eigenvalue weighted by molar-refractivity contribution is -0.161. The standard InChI is InChI=1S/C85H142O17P2/c1-5-9-13-17-21-25-29-33-35-37-39-41-43-47-49-53-57-61-65-69-82(87)95-75-80(101-84(89)71-67-63-59-55-51-45-31-27-23-19-15-11-7-3)77-99-103(91,92)97-73-79(86)74-98-104(93,94)100-78-81(102-85(90)72-68-64-60-56-52-46-32-28-24-20-16-12-8-4)76-96-83(88)70-66-62-58-54-50-48-44-42-40-38-36-34-30-26-22-18-14-10-6-2/h9-10,13-15,19,21-22,25-27,31,33-36,39-42,47,49,57,61,79-81,86H,5-8,11-12,16-18,20,23-24,28-30,32,37-38,43-46,48,50-56,58-60,62-78H2,1-4H3,(H,91,92)(H,93,94)/b13-9-,14-10-,19-15-,25-21-,26-22-,31-27-,35-33-,36-34-,41-39-,42-40-,49-47-,61-57-. The number of aliphatic hydroxyl groups is 1. The molecular weight excluding hydrogens is 1350 g/mol. The van der Waals surface area contributed by atoms with Crippen LogP contribution in [0, 0.1) is 0 Å². The molecule has 0 heterocycles. The highest BCUT2D eigenvalue weighted by molar-refractivity contribution is 7.47. The molecule has 0 bridgehead atoms. The molecule has 5 unspecified atom stereocenters. The van der Waals surface area contributed by atoms with Gasteiger partial charge in [0.25, 0.3) is 0 Å². The van der Waals surface area contributed by atoms with E-state index in [0.717, 1.165) is 173 Å². The summed E-state index contributed by atoms with van der Waals surface area (Å²) in [6, 6.07) is 0. The Morgan fingerprint density at radius 1 is 0.279 bits per heavy atom. The summed E-state index contributed by atoms with van der Waals surface area (Å²) in [5.41, 5.74) is 0. The quantitative estimate of drug-likeness (QED) is 0.0169. The van der Waals surface area contributed by atoms with Crippen LogP contribution in [0.4, 0.5) is 0 Å². The number of unbranched alkanes of at least 4 members (excludes halogenated alkanes) is 24. The Kier molecular flexibility index (Phi) is 72.4. The van der Waals surface area contributed by atoms with Gasteiger partial charge in [0.05, 0.1) is 26.4 Å². The van der Waals surface area contributed by atoms with Gasteiger partial charge < -0.3 is 33.8 Å². The third-order valence-corrected chi connectivity index (χ3v) is 18.2. The van der Waals surface area contributed by atoms with E-state index < -0.39 is 97.5 Å². The summed E-state index contributed by atoms with van der Waals surface area (Å²) < 4.78 is 68.5. The summed E-state index contributed by atoms with van der Waals surface area (Å²) in [4.78, 5) is 73.0. The summed E-state index contributed by atoms with van der Waals surface area (Å²) in [6.07, 6.45) is 87.0. The van der Waals surface area contributed by atoms with Gasteiger partial charge >= 0.3 is 39.5 Å². The van der Waals surface area contributed by atoms with Crippen molar-refractivity contribution >= 4 is 39.5 Å². The molecular formula is C85H142O17P2. The van der Waals surface area contributed by atoms with Gasteiger partial charge in [-0.05, 0) is 128 Å². The molecule has 19 heteroatoms. The van der Waals surface area contributed by atoms with Crippen molar-refractivity contribution in [2.24, 2.45) is 0 Å². The van der Waals surface area contributed by atoms with Crippen molar-refractivity contribution in [1.82, 2.24) is 0 Å². The fourth-order valence-electron chi connectivity index (χ4n) is 10.3. The van der Waals surface area contributed by atoms with Crippen LogP contribution in [0.2, 0.25) is 0 Å². The zero-order valence-corrected chi connectivity index (χ0v) is 66.7. The van der Waals surface area contributed by atoms with Crippen molar-refractivity contribution in [2.45, 2.75) is 329 Å². The largest absolute Gasteiger partial charge is 0.472 e. The average Bonchev–Trinajstić information content (AvgIpc) is 0.913. The van der Waals surface area contributed by atoms with E-state index in [-0.39, 0.29) is 25.7 Å². The number of hydrogen-bond donors (Lipinski definition) is 3. The molecule has 17 nitrogen and oxygen atoms in total. The Bertz CT molecular complexity index is 2540. The number of phosphoric ester groups is 2. The highest BCUT2D eigenvalue weighted by Crippen LogP contribution is 2.45. The molecule has 3 N–H and O–H groups in total. The third-order valence-electron chi connectivity index (χ3n) is 16.3. The van der Waals surface area contributed by atoms with E-state index in [9.17, 15) is 43.2 Å². The number of hydrogen-bond acceptors (Lipinski definition) is 15. The lowest BCUT2D eigenvalue weighted by atomic mass is 10.0. The summed E-state index contributed by atoms with van der Waals surface area (Å²) in [6.45, 7) is 4.47. The van der Waals surface area contributed by atoms with E-state index in [1.54, 1.807) is 0 Å². The first-order valence-electron chi connectivity index (χ1n) is 40.1. The number of allylic oxidation sites excluding steroid dienone is 24. The molecule has 0 saturated heterocycles. The summed E-state index contributed by atoms with van der Waals surface area (Å²) in [5.74, 6) is -2.30. The summed E-state index contributed by atoms with van der Waals surface area (Å²) >= 11 is 0. The zero-order chi connectivity index (χ0) is 76.0. The lowest BCUT2D eigenvalue weighted by Crippen LogP contribution is -2.30.